The molecular weight excluding hydrogens is 408 g/mol. The minimum atomic E-state index is -0.116. The topological polar surface area (TPSA) is 96.7 Å². The second-order valence-corrected chi connectivity index (χ2v) is 9.33. The maximum absolute atomic E-state index is 12.2. The molecule has 1 aromatic heterocycles. The number of likely N-dealkylation sites (tertiary alicyclic amines) is 1. The fourth-order valence-corrected chi connectivity index (χ4v) is 4.69. The number of hydrogen-bond donors (Lipinski definition) is 2. The number of amides is 2. The third-order valence-electron chi connectivity index (χ3n) is 7.05. The Morgan fingerprint density at radius 1 is 1.31 bits per heavy atom. The monoisotopic (exact) mass is 438 g/mol. The molecule has 2 aliphatic heterocycles. The van der Waals surface area contributed by atoms with Gasteiger partial charge in [-0.15, -0.1) is 0 Å². The Hall–Kier alpha value is -2.87. The number of aromatic nitrogens is 1. The molecule has 3 aliphatic rings. The SMILES string of the molecule is Cc1noc(C)c1-c1cc(NC(=O)C2CC2)ccc1OCCN1CCC2(CC1)CNC2=O. The number of benzene rings is 1. The molecule has 0 bridgehead atoms. The van der Waals surface area contributed by atoms with Crippen LogP contribution < -0.4 is 15.4 Å². The van der Waals surface area contributed by atoms with Gasteiger partial charge in [-0.3, -0.25) is 14.5 Å². The summed E-state index contributed by atoms with van der Waals surface area (Å²) in [6.07, 6.45) is 3.76. The number of carbonyl (C=O) groups excluding carboxylic acids is 2. The molecular formula is C24H30N4O4. The number of ether oxygens (including phenoxy) is 1. The molecule has 1 spiro atoms. The summed E-state index contributed by atoms with van der Waals surface area (Å²) >= 11 is 0. The van der Waals surface area contributed by atoms with Gasteiger partial charge in [0, 0.05) is 30.3 Å². The van der Waals surface area contributed by atoms with Crippen molar-refractivity contribution in [2.75, 3.05) is 38.1 Å². The van der Waals surface area contributed by atoms with E-state index in [1.54, 1.807) is 0 Å². The van der Waals surface area contributed by atoms with Crippen molar-refractivity contribution in [3.8, 4) is 16.9 Å². The number of nitrogens with zero attached hydrogens (tertiary/aromatic N) is 2. The smallest absolute Gasteiger partial charge is 0.228 e. The Morgan fingerprint density at radius 3 is 2.69 bits per heavy atom. The van der Waals surface area contributed by atoms with Crippen LogP contribution in [0, 0.1) is 25.2 Å². The van der Waals surface area contributed by atoms with E-state index in [-0.39, 0.29) is 23.1 Å². The van der Waals surface area contributed by atoms with Gasteiger partial charge >= 0.3 is 0 Å². The van der Waals surface area contributed by atoms with Gasteiger partial charge < -0.3 is 19.9 Å². The van der Waals surface area contributed by atoms with Crippen LogP contribution in [-0.2, 0) is 9.59 Å². The minimum Gasteiger partial charge on any atom is -0.492 e. The Balaban J connectivity index is 1.26. The molecule has 170 valence electrons. The summed E-state index contributed by atoms with van der Waals surface area (Å²) in [5, 5.41) is 9.99. The number of rotatable bonds is 7. The first-order valence-electron chi connectivity index (χ1n) is 11.5. The standard InChI is InChI=1S/C24H30N4O4/c1-15-21(16(2)32-27-15)19-13-18(26-22(29)17-3-4-17)5-6-20(19)31-12-11-28-9-7-24(8-10-28)14-25-23(24)30/h5-6,13,17H,3-4,7-12,14H2,1-2H3,(H,25,30)(H,26,29). The van der Waals surface area contributed by atoms with E-state index in [4.69, 9.17) is 9.26 Å². The molecule has 0 radical (unpaired) electrons. The third kappa shape index (κ3) is 3.99. The lowest BCUT2D eigenvalue weighted by Crippen LogP contribution is -2.62. The number of carbonyl (C=O) groups is 2. The van der Waals surface area contributed by atoms with Gasteiger partial charge in [0.05, 0.1) is 16.7 Å². The number of anilines is 1. The van der Waals surface area contributed by atoms with Crippen LogP contribution in [0.15, 0.2) is 22.7 Å². The first kappa shape index (κ1) is 21.0. The van der Waals surface area contributed by atoms with E-state index in [1.807, 2.05) is 32.0 Å². The van der Waals surface area contributed by atoms with Gasteiger partial charge in [0.15, 0.2) is 0 Å². The summed E-state index contributed by atoms with van der Waals surface area (Å²) in [5.41, 5.74) is 3.20. The zero-order valence-electron chi connectivity index (χ0n) is 18.7. The van der Waals surface area contributed by atoms with Crippen LogP contribution in [0.4, 0.5) is 5.69 Å². The van der Waals surface area contributed by atoms with E-state index in [2.05, 4.69) is 20.7 Å². The molecule has 2 saturated heterocycles. The highest BCUT2D eigenvalue weighted by molar-refractivity contribution is 5.95. The average molecular weight is 439 g/mol. The molecule has 0 atom stereocenters. The highest BCUT2D eigenvalue weighted by Gasteiger charge is 2.47. The molecule has 2 aromatic rings. The second-order valence-electron chi connectivity index (χ2n) is 9.33. The molecule has 0 unspecified atom stereocenters. The molecule has 1 saturated carbocycles. The normalized spacial score (nSPS) is 20.0. The lowest BCUT2D eigenvalue weighted by Gasteiger charge is -2.46. The maximum Gasteiger partial charge on any atom is 0.228 e. The molecule has 8 heteroatoms. The molecule has 2 N–H and O–H groups in total. The van der Waals surface area contributed by atoms with Gasteiger partial charge in [0.25, 0.3) is 0 Å². The van der Waals surface area contributed by atoms with E-state index in [1.165, 1.54) is 0 Å². The zero-order valence-corrected chi connectivity index (χ0v) is 18.7. The fourth-order valence-electron chi connectivity index (χ4n) is 4.69. The summed E-state index contributed by atoms with van der Waals surface area (Å²) in [6.45, 7) is 7.79. The van der Waals surface area contributed by atoms with Crippen molar-refractivity contribution in [1.82, 2.24) is 15.4 Å². The van der Waals surface area contributed by atoms with Crippen LogP contribution in [0.3, 0.4) is 0 Å². The number of β-lactam (4-membered cyclic amide) rings is 1. The Labute approximate surface area is 187 Å². The van der Waals surface area contributed by atoms with Crippen LogP contribution in [-0.4, -0.2) is 54.7 Å². The molecule has 1 aliphatic carbocycles. The van der Waals surface area contributed by atoms with E-state index in [0.29, 0.717) is 6.61 Å². The number of hydrogen-bond acceptors (Lipinski definition) is 6. The molecule has 2 amide bonds. The van der Waals surface area contributed by atoms with Crippen molar-refractivity contribution in [1.29, 1.82) is 0 Å². The van der Waals surface area contributed by atoms with Crippen molar-refractivity contribution >= 4 is 17.5 Å². The van der Waals surface area contributed by atoms with Gasteiger partial charge in [-0.05, 0) is 70.8 Å². The van der Waals surface area contributed by atoms with Gasteiger partial charge in [-0.2, -0.15) is 0 Å². The summed E-state index contributed by atoms with van der Waals surface area (Å²) in [4.78, 5) is 26.4. The molecule has 32 heavy (non-hydrogen) atoms. The van der Waals surface area contributed by atoms with E-state index in [0.717, 1.165) is 85.9 Å². The fraction of sp³-hybridized carbons (Fsp3) is 0.542. The maximum atomic E-state index is 12.2. The van der Waals surface area contributed by atoms with Crippen molar-refractivity contribution in [2.24, 2.45) is 11.3 Å². The summed E-state index contributed by atoms with van der Waals surface area (Å²) in [5.74, 6) is 1.90. The quantitative estimate of drug-likeness (QED) is 0.646. The Kier molecular flexibility index (Phi) is 5.41. The van der Waals surface area contributed by atoms with Crippen LogP contribution in [0.25, 0.3) is 11.1 Å². The predicted octanol–water partition coefficient (Wildman–Crippen LogP) is 2.90. The van der Waals surface area contributed by atoms with Crippen LogP contribution >= 0.6 is 0 Å². The van der Waals surface area contributed by atoms with Crippen molar-refractivity contribution < 1.29 is 18.8 Å². The van der Waals surface area contributed by atoms with Crippen molar-refractivity contribution in [3.05, 3.63) is 29.7 Å². The van der Waals surface area contributed by atoms with Crippen LogP contribution in [0.1, 0.15) is 37.1 Å². The largest absolute Gasteiger partial charge is 0.492 e. The lowest BCUT2D eigenvalue weighted by atomic mass is 9.72. The summed E-state index contributed by atoms with van der Waals surface area (Å²) in [7, 11) is 0. The number of piperidine rings is 1. The molecule has 8 nitrogen and oxygen atoms in total. The molecule has 3 fully saturated rings. The van der Waals surface area contributed by atoms with E-state index >= 15 is 0 Å². The van der Waals surface area contributed by atoms with Crippen molar-refractivity contribution in [2.45, 2.75) is 39.5 Å². The van der Waals surface area contributed by atoms with Gasteiger partial charge in [-0.25, -0.2) is 0 Å². The Bertz CT molecular complexity index is 1020. The van der Waals surface area contributed by atoms with E-state index < -0.39 is 0 Å². The minimum absolute atomic E-state index is 0.0754. The molecule has 3 heterocycles. The Morgan fingerprint density at radius 2 is 2.09 bits per heavy atom. The molecule has 1 aromatic carbocycles. The first-order valence-corrected chi connectivity index (χ1v) is 11.5. The average Bonchev–Trinajstić information content (AvgIpc) is 3.59. The van der Waals surface area contributed by atoms with Crippen LogP contribution in [0.5, 0.6) is 5.75 Å². The lowest BCUT2D eigenvalue weighted by molar-refractivity contribution is -0.143. The van der Waals surface area contributed by atoms with Gasteiger partial charge in [-0.1, -0.05) is 5.16 Å². The van der Waals surface area contributed by atoms with Crippen LogP contribution in [0.2, 0.25) is 0 Å². The van der Waals surface area contributed by atoms with E-state index in [9.17, 15) is 9.59 Å². The van der Waals surface area contributed by atoms with Gasteiger partial charge in [0.2, 0.25) is 11.8 Å². The number of aryl methyl sites for hydroxylation is 2. The first-order chi connectivity index (χ1) is 15.4. The highest BCUT2D eigenvalue weighted by Crippen LogP contribution is 2.38. The highest BCUT2D eigenvalue weighted by atomic mass is 16.5. The van der Waals surface area contributed by atoms with Gasteiger partial charge in [0.1, 0.15) is 18.1 Å². The molecule has 5 rings (SSSR count). The number of nitrogens with one attached hydrogen (secondary N) is 2. The predicted molar refractivity (Wildman–Crippen MR) is 119 cm³/mol. The summed E-state index contributed by atoms with van der Waals surface area (Å²) < 4.78 is 11.6. The zero-order chi connectivity index (χ0) is 22.3. The third-order valence-corrected chi connectivity index (χ3v) is 7.05. The van der Waals surface area contributed by atoms with Crippen molar-refractivity contribution in [3.63, 3.8) is 0 Å². The summed E-state index contributed by atoms with van der Waals surface area (Å²) in [6, 6.07) is 5.74. The second kappa shape index (κ2) is 8.24.